The number of carbonyl (C=O) groups is 1. The standard InChI is InChI=1S/C17H24ClN3O4/c18-13-1-2-14(19-9-13)20-15(23)10-21-6-3-17(4-7-21)11-16(24,12-22)5-8-25-17/h1-2,9,22,24H,3-8,10-12H2,(H,19,20,23). The normalized spacial score (nSPS) is 26.5. The number of amides is 1. The second kappa shape index (κ2) is 7.55. The quantitative estimate of drug-likeness (QED) is 0.734. The van der Waals surface area contributed by atoms with Gasteiger partial charge in [-0.05, 0) is 25.0 Å². The summed E-state index contributed by atoms with van der Waals surface area (Å²) in [5, 5.41) is 23.1. The third kappa shape index (κ3) is 4.68. The van der Waals surface area contributed by atoms with Gasteiger partial charge in [0.25, 0.3) is 0 Å². The van der Waals surface area contributed by atoms with E-state index in [1.54, 1.807) is 12.1 Å². The van der Waals surface area contributed by atoms with E-state index >= 15 is 0 Å². The number of piperidine rings is 1. The molecule has 7 nitrogen and oxygen atoms in total. The van der Waals surface area contributed by atoms with Gasteiger partial charge >= 0.3 is 0 Å². The number of hydrogen-bond acceptors (Lipinski definition) is 6. The topological polar surface area (TPSA) is 94.9 Å². The molecule has 2 aliphatic rings. The maximum Gasteiger partial charge on any atom is 0.239 e. The summed E-state index contributed by atoms with van der Waals surface area (Å²) in [7, 11) is 0. The molecule has 3 heterocycles. The molecule has 1 aromatic rings. The Balaban J connectivity index is 1.49. The Kier molecular flexibility index (Phi) is 5.60. The second-order valence-electron chi connectivity index (χ2n) is 7.03. The Labute approximate surface area is 151 Å². The SMILES string of the molecule is O=C(CN1CCC2(CC1)CC(O)(CO)CCO2)Nc1ccc(Cl)cn1. The molecule has 25 heavy (non-hydrogen) atoms. The van der Waals surface area contributed by atoms with Gasteiger partial charge in [-0.25, -0.2) is 4.98 Å². The van der Waals surface area contributed by atoms with Crippen molar-refractivity contribution in [2.75, 3.05) is 38.2 Å². The van der Waals surface area contributed by atoms with Gasteiger partial charge in [-0.15, -0.1) is 0 Å². The number of anilines is 1. The molecule has 2 fully saturated rings. The molecule has 0 aliphatic carbocycles. The lowest BCUT2D eigenvalue weighted by atomic mass is 9.77. The van der Waals surface area contributed by atoms with Crippen LogP contribution in [0.2, 0.25) is 5.02 Å². The molecular formula is C17H24ClN3O4. The molecule has 0 aromatic carbocycles. The summed E-state index contributed by atoms with van der Waals surface area (Å²) in [6, 6.07) is 3.34. The molecule has 1 unspecified atom stereocenters. The molecule has 3 N–H and O–H groups in total. The van der Waals surface area contributed by atoms with Crippen molar-refractivity contribution >= 4 is 23.3 Å². The number of aliphatic hydroxyl groups is 2. The molecule has 3 rings (SSSR count). The fourth-order valence-corrected chi connectivity index (χ4v) is 3.72. The first kappa shape index (κ1) is 18.5. The summed E-state index contributed by atoms with van der Waals surface area (Å²) in [4.78, 5) is 18.3. The van der Waals surface area contributed by atoms with Gasteiger partial charge in [0.15, 0.2) is 0 Å². The van der Waals surface area contributed by atoms with Crippen LogP contribution in [0.3, 0.4) is 0 Å². The van der Waals surface area contributed by atoms with Crippen LogP contribution in [-0.4, -0.2) is 70.1 Å². The lowest BCUT2D eigenvalue weighted by Crippen LogP contribution is -2.56. The maximum absolute atomic E-state index is 12.2. The number of halogens is 1. The first-order valence-electron chi connectivity index (χ1n) is 8.53. The average molecular weight is 370 g/mol. The second-order valence-corrected chi connectivity index (χ2v) is 7.46. The number of pyridine rings is 1. The average Bonchev–Trinajstić information content (AvgIpc) is 2.59. The number of carbonyl (C=O) groups excluding carboxylic acids is 1. The largest absolute Gasteiger partial charge is 0.393 e. The number of likely N-dealkylation sites (tertiary alicyclic amines) is 1. The van der Waals surface area contributed by atoms with Crippen LogP contribution in [0.1, 0.15) is 25.7 Å². The van der Waals surface area contributed by atoms with Gasteiger partial charge in [-0.3, -0.25) is 9.69 Å². The van der Waals surface area contributed by atoms with Gasteiger partial charge in [-0.2, -0.15) is 0 Å². The summed E-state index contributed by atoms with van der Waals surface area (Å²) in [6.07, 6.45) is 3.88. The van der Waals surface area contributed by atoms with E-state index in [9.17, 15) is 15.0 Å². The molecule has 0 saturated carbocycles. The Bertz CT molecular complexity index is 604. The van der Waals surface area contributed by atoms with E-state index in [1.165, 1.54) is 6.20 Å². The number of nitrogens with one attached hydrogen (secondary N) is 1. The number of ether oxygens (including phenoxy) is 1. The van der Waals surface area contributed by atoms with E-state index in [0.717, 1.165) is 12.8 Å². The van der Waals surface area contributed by atoms with E-state index in [0.29, 0.717) is 43.4 Å². The van der Waals surface area contributed by atoms with Gasteiger partial charge in [0, 0.05) is 32.1 Å². The first-order valence-corrected chi connectivity index (χ1v) is 8.91. The molecule has 2 aliphatic heterocycles. The minimum Gasteiger partial charge on any atom is -0.393 e. The van der Waals surface area contributed by atoms with Gasteiger partial charge in [0.2, 0.25) is 5.91 Å². The molecule has 1 amide bonds. The predicted molar refractivity (Wildman–Crippen MR) is 93.5 cm³/mol. The molecular weight excluding hydrogens is 346 g/mol. The number of rotatable bonds is 4. The third-order valence-electron chi connectivity index (χ3n) is 5.05. The van der Waals surface area contributed by atoms with Crippen molar-refractivity contribution in [3.63, 3.8) is 0 Å². The number of nitrogens with zero attached hydrogens (tertiary/aromatic N) is 2. The highest BCUT2D eigenvalue weighted by atomic mass is 35.5. The number of aromatic nitrogens is 1. The van der Waals surface area contributed by atoms with Crippen LogP contribution < -0.4 is 5.32 Å². The van der Waals surface area contributed by atoms with Crippen molar-refractivity contribution in [2.45, 2.75) is 36.9 Å². The summed E-state index contributed by atoms with van der Waals surface area (Å²) < 4.78 is 5.94. The van der Waals surface area contributed by atoms with Crippen molar-refractivity contribution < 1.29 is 19.7 Å². The van der Waals surface area contributed by atoms with Crippen molar-refractivity contribution in [3.8, 4) is 0 Å². The van der Waals surface area contributed by atoms with E-state index in [-0.39, 0.29) is 24.7 Å². The zero-order valence-electron chi connectivity index (χ0n) is 14.1. The maximum atomic E-state index is 12.2. The van der Waals surface area contributed by atoms with Crippen LogP contribution in [-0.2, 0) is 9.53 Å². The molecule has 1 spiro atoms. The lowest BCUT2D eigenvalue weighted by molar-refractivity contribution is -0.189. The summed E-state index contributed by atoms with van der Waals surface area (Å²) in [6.45, 7) is 1.93. The van der Waals surface area contributed by atoms with Gasteiger partial charge < -0.3 is 20.3 Å². The van der Waals surface area contributed by atoms with Crippen molar-refractivity contribution in [2.24, 2.45) is 0 Å². The molecule has 8 heteroatoms. The minimum absolute atomic E-state index is 0.123. The van der Waals surface area contributed by atoms with Crippen LogP contribution in [0.25, 0.3) is 0 Å². The summed E-state index contributed by atoms with van der Waals surface area (Å²) in [5.74, 6) is 0.355. The molecule has 0 bridgehead atoms. The minimum atomic E-state index is -1.04. The van der Waals surface area contributed by atoms with E-state index < -0.39 is 5.60 Å². The van der Waals surface area contributed by atoms with E-state index in [4.69, 9.17) is 16.3 Å². The number of aliphatic hydroxyl groups excluding tert-OH is 1. The van der Waals surface area contributed by atoms with Crippen molar-refractivity contribution in [1.82, 2.24) is 9.88 Å². The Hall–Kier alpha value is -1.25. The van der Waals surface area contributed by atoms with E-state index in [2.05, 4.69) is 15.2 Å². The highest BCUT2D eigenvalue weighted by molar-refractivity contribution is 6.30. The fourth-order valence-electron chi connectivity index (χ4n) is 3.61. The number of hydrogen-bond donors (Lipinski definition) is 3. The Morgan fingerprint density at radius 1 is 1.36 bits per heavy atom. The Morgan fingerprint density at radius 2 is 2.12 bits per heavy atom. The molecule has 1 aromatic heterocycles. The molecule has 2 saturated heterocycles. The van der Waals surface area contributed by atoms with Crippen LogP contribution in [0.4, 0.5) is 5.82 Å². The monoisotopic (exact) mass is 369 g/mol. The molecule has 1 atom stereocenters. The third-order valence-corrected chi connectivity index (χ3v) is 5.27. The highest BCUT2D eigenvalue weighted by Gasteiger charge is 2.46. The predicted octanol–water partition coefficient (Wildman–Crippen LogP) is 1.04. The summed E-state index contributed by atoms with van der Waals surface area (Å²) >= 11 is 5.78. The Morgan fingerprint density at radius 3 is 2.76 bits per heavy atom. The van der Waals surface area contributed by atoms with Gasteiger partial charge in [0.1, 0.15) is 5.82 Å². The summed E-state index contributed by atoms with van der Waals surface area (Å²) in [5.41, 5.74) is -1.43. The molecule has 0 radical (unpaired) electrons. The highest BCUT2D eigenvalue weighted by Crippen LogP contribution is 2.39. The lowest BCUT2D eigenvalue weighted by Gasteiger charge is -2.48. The van der Waals surface area contributed by atoms with Crippen LogP contribution in [0.5, 0.6) is 0 Å². The zero-order valence-corrected chi connectivity index (χ0v) is 14.8. The van der Waals surface area contributed by atoms with Crippen molar-refractivity contribution in [1.29, 1.82) is 0 Å². The zero-order chi connectivity index (χ0) is 17.9. The smallest absolute Gasteiger partial charge is 0.239 e. The first-order chi connectivity index (χ1) is 11.9. The van der Waals surface area contributed by atoms with E-state index in [1.807, 2.05) is 0 Å². The van der Waals surface area contributed by atoms with Crippen LogP contribution in [0, 0.1) is 0 Å². The van der Waals surface area contributed by atoms with Gasteiger partial charge in [-0.1, -0.05) is 11.6 Å². The molecule has 138 valence electrons. The van der Waals surface area contributed by atoms with Gasteiger partial charge in [0.05, 0.1) is 36.0 Å². The van der Waals surface area contributed by atoms with Crippen molar-refractivity contribution in [3.05, 3.63) is 23.4 Å². The fraction of sp³-hybridized carbons (Fsp3) is 0.647. The van der Waals surface area contributed by atoms with Crippen LogP contribution in [0.15, 0.2) is 18.3 Å². The van der Waals surface area contributed by atoms with Crippen LogP contribution >= 0.6 is 11.6 Å².